The van der Waals surface area contributed by atoms with Gasteiger partial charge < -0.3 is 4.84 Å². The van der Waals surface area contributed by atoms with Crippen LogP contribution in [-0.4, -0.2) is 11.8 Å². The second-order valence-corrected chi connectivity index (χ2v) is 4.89. The van der Waals surface area contributed by atoms with Gasteiger partial charge in [-0.1, -0.05) is 49.3 Å². The SMILES string of the molecule is CC(C)CC1C(c2ccccc2)=NOC1C. The van der Waals surface area contributed by atoms with Crippen molar-refractivity contribution in [2.45, 2.75) is 33.3 Å². The van der Waals surface area contributed by atoms with E-state index >= 15 is 0 Å². The molecule has 1 aliphatic heterocycles. The fraction of sp³-hybridized carbons (Fsp3) is 0.500. The summed E-state index contributed by atoms with van der Waals surface area (Å²) in [5.41, 5.74) is 2.30. The van der Waals surface area contributed by atoms with Crippen LogP contribution in [0.25, 0.3) is 0 Å². The number of rotatable bonds is 3. The summed E-state index contributed by atoms with van der Waals surface area (Å²) >= 11 is 0. The Hall–Kier alpha value is -1.31. The van der Waals surface area contributed by atoms with Gasteiger partial charge in [-0.2, -0.15) is 0 Å². The zero-order valence-electron chi connectivity index (χ0n) is 10.2. The van der Waals surface area contributed by atoms with Crippen LogP contribution in [0, 0.1) is 11.8 Å². The van der Waals surface area contributed by atoms with E-state index in [-0.39, 0.29) is 6.10 Å². The van der Waals surface area contributed by atoms with Crippen LogP contribution < -0.4 is 0 Å². The number of hydrogen-bond donors (Lipinski definition) is 0. The molecule has 16 heavy (non-hydrogen) atoms. The van der Waals surface area contributed by atoms with Crippen molar-refractivity contribution in [1.82, 2.24) is 0 Å². The minimum absolute atomic E-state index is 0.206. The van der Waals surface area contributed by atoms with Crippen LogP contribution in [0.4, 0.5) is 0 Å². The molecule has 0 aliphatic carbocycles. The van der Waals surface area contributed by atoms with E-state index in [1.54, 1.807) is 0 Å². The highest BCUT2D eigenvalue weighted by atomic mass is 16.6. The summed E-state index contributed by atoms with van der Waals surface area (Å²) in [5, 5.41) is 4.24. The van der Waals surface area contributed by atoms with Gasteiger partial charge in [-0.05, 0) is 24.8 Å². The lowest BCUT2D eigenvalue weighted by Gasteiger charge is -2.17. The minimum Gasteiger partial charge on any atom is -0.392 e. The molecule has 0 bridgehead atoms. The summed E-state index contributed by atoms with van der Waals surface area (Å²) in [6.45, 7) is 6.59. The molecule has 1 aromatic rings. The van der Waals surface area contributed by atoms with Crippen molar-refractivity contribution in [3.63, 3.8) is 0 Å². The molecule has 2 heteroatoms. The van der Waals surface area contributed by atoms with Gasteiger partial charge in [-0.15, -0.1) is 0 Å². The van der Waals surface area contributed by atoms with Gasteiger partial charge in [0.05, 0.1) is 5.71 Å². The smallest absolute Gasteiger partial charge is 0.133 e. The third kappa shape index (κ3) is 2.26. The summed E-state index contributed by atoms with van der Waals surface area (Å²) in [7, 11) is 0. The molecule has 1 heterocycles. The van der Waals surface area contributed by atoms with Crippen LogP contribution in [0.15, 0.2) is 35.5 Å². The van der Waals surface area contributed by atoms with Crippen molar-refractivity contribution in [2.24, 2.45) is 17.0 Å². The summed E-state index contributed by atoms with van der Waals surface area (Å²) in [6, 6.07) is 10.3. The lowest BCUT2D eigenvalue weighted by Crippen LogP contribution is -2.23. The molecular weight excluding hydrogens is 198 g/mol. The molecule has 1 aromatic carbocycles. The van der Waals surface area contributed by atoms with Crippen molar-refractivity contribution in [3.8, 4) is 0 Å². The van der Waals surface area contributed by atoms with Crippen molar-refractivity contribution in [1.29, 1.82) is 0 Å². The van der Waals surface area contributed by atoms with Gasteiger partial charge in [0.25, 0.3) is 0 Å². The van der Waals surface area contributed by atoms with E-state index in [2.05, 4.69) is 38.1 Å². The minimum atomic E-state index is 0.206. The predicted octanol–water partition coefficient (Wildman–Crippen LogP) is 3.47. The Morgan fingerprint density at radius 1 is 1.25 bits per heavy atom. The quantitative estimate of drug-likeness (QED) is 0.759. The van der Waals surface area contributed by atoms with E-state index in [9.17, 15) is 0 Å². The first-order valence-corrected chi connectivity index (χ1v) is 5.97. The van der Waals surface area contributed by atoms with Crippen LogP contribution in [0.3, 0.4) is 0 Å². The lowest BCUT2D eigenvalue weighted by atomic mass is 9.86. The second kappa shape index (κ2) is 4.69. The Labute approximate surface area is 97.3 Å². The molecule has 2 unspecified atom stereocenters. The molecule has 0 aromatic heterocycles. The van der Waals surface area contributed by atoms with Crippen molar-refractivity contribution >= 4 is 5.71 Å². The molecule has 0 spiro atoms. The van der Waals surface area contributed by atoms with Gasteiger partial charge in [0.1, 0.15) is 6.10 Å². The number of hydrogen-bond acceptors (Lipinski definition) is 2. The molecule has 0 saturated carbocycles. The molecule has 1 aliphatic rings. The zero-order valence-corrected chi connectivity index (χ0v) is 10.2. The van der Waals surface area contributed by atoms with Crippen LogP contribution >= 0.6 is 0 Å². The maximum absolute atomic E-state index is 5.42. The Balaban J connectivity index is 2.21. The average Bonchev–Trinajstić information content (AvgIpc) is 2.61. The van der Waals surface area contributed by atoms with Crippen LogP contribution in [0.2, 0.25) is 0 Å². The van der Waals surface area contributed by atoms with Gasteiger partial charge in [-0.3, -0.25) is 0 Å². The Morgan fingerprint density at radius 3 is 2.56 bits per heavy atom. The predicted molar refractivity (Wildman–Crippen MR) is 66.5 cm³/mol. The van der Waals surface area contributed by atoms with Gasteiger partial charge in [0, 0.05) is 5.92 Å². The van der Waals surface area contributed by atoms with Crippen molar-refractivity contribution < 1.29 is 4.84 Å². The number of oxime groups is 1. The maximum atomic E-state index is 5.42. The van der Waals surface area contributed by atoms with Crippen molar-refractivity contribution in [2.75, 3.05) is 0 Å². The lowest BCUT2D eigenvalue weighted by molar-refractivity contribution is 0.0712. The largest absolute Gasteiger partial charge is 0.392 e. The summed E-state index contributed by atoms with van der Waals surface area (Å²) in [5.74, 6) is 1.10. The monoisotopic (exact) mass is 217 g/mol. The molecule has 0 radical (unpaired) electrons. The molecular formula is C14H19NO. The van der Waals surface area contributed by atoms with E-state index < -0.39 is 0 Å². The molecule has 2 nitrogen and oxygen atoms in total. The van der Waals surface area contributed by atoms with E-state index in [1.165, 1.54) is 5.56 Å². The first kappa shape index (κ1) is 11.2. The molecule has 0 N–H and O–H groups in total. The third-order valence-electron chi connectivity index (χ3n) is 3.03. The fourth-order valence-electron chi connectivity index (χ4n) is 2.19. The highest BCUT2D eigenvalue weighted by Crippen LogP contribution is 2.28. The van der Waals surface area contributed by atoms with E-state index in [0.717, 1.165) is 12.1 Å². The molecule has 2 rings (SSSR count). The normalized spacial score (nSPS) is 24.4. The Bertz CT molecular complexity index is 370. The standard InChI is InChI=1S/C14H19NO/c1-10(2)9-13-11(3)16-15-14(13)12-7-5-4-6-8-12/h4-8,10-11,13H,9H2,1-3H3. The highest BCUT2D eigenvalue weighted by Gasteiger charge is 2.31. The summed E-state index contributed by atoms with van der Waals surface area (Å²) < 4.78 is 0. The Kier molecular flexibility index (Phi) is 3.28. The average molecular weight is 217 g/mol. The Morgan fingerprint density at radius 2 is 1.94 bits per heavy atom. The van der Waals surface area contributed by atoms with E-state index in [0.29, 0.717) is 11.8 Å². The number of nitrogens with zero attached hydrogens (tertiary/aromatic N) is 1. The molecule has 86 valence electrons. The second-order valence-electron chi connectivity index (χ2n) is 4.89. The topological polar surface area (TPSA) is 21.6 Å². The molecule has 0 amide bonds. The van der Waals surface area contributed by atoms with Crippen molar-refractivity contribution in [3.05, 3.63) is 35.9 Å². The third-order valence-corrected chi connectivity index (χ3v) is 3.03. The van der Waals surface area contributed by atoms with E-state index in [4.69, 9.17) is 4.84 Å². The first-order chi connectivity index (χ1) is 7.68. The highest BCUT2D eigenvalue weighted by molar-refractivity contribution is 6.02. The number of benzene rings is 1. The van der Waals surface area contributed by atoms with Gasteiger partial charge in [0.15, 0.2) is 0 Å². The molecule has 0 saturated heterocycles. The van der Waals surface area contributed by atoms with Crippen LogP contribution in [-0.2, 0) is 4.84 Å². The molecule has 0 fully saturated rings. The zero-order chi connectivity index (χ0) is 11.5. The van der Waals surface area contributed by atoms with Crippen LogP contribution in [0.1, 0.15) is 32.8 Å². The van der Waals surface area contributed by atoms with Gasteiger partial charge in [0.2, 0.25) is 0 Å². The fourth-order valence-corrected chi connectivity index (χ4v) is 2.19. The van der Waals surface area contributed by atoms with E-state index in [1.807, 2.05) is 18.2 Å². The van der Waals surface area contributed by atoms with Gasteiger partial charge >= 0.3 is 0 Å². The first-order valence-electron chi connectivity index (χ1n) is 5.97. The summed E-state index contributed by atoms with van der Waals surface area (Å²) in [6.07, 6.45) is 1.34. The maximum Gasteiger partial charge on any atom is 0.133 e. The molecule has 2 atom stereocenters. The van der Waals surface area contributed by atoms with Gasteiger partial charge in [-0.25, -0.2) is 0 Å². The summed E-state index contributed by atoms with van der Waals surface area (Å²) in [4.78, 5) is 5.42. The van der Waals surface area contributed by atoms with Crippen LogP contribution in [0.5, 0.6) is 0 Å².